The lowest BCUT2D eigenvalue weighted by Gasteiger charge is -2.29. The molecule has 16 heteroatoms. The largest absolute Gasteiger partial charge is 0.451 e. The number of hydrogen-bond donors (Lipinski definition) is 2. The number of likely N-dealkylation sites (N-methyl/N-ethyl adjacent to an activating group) is 2. The quantitative estimate of drug-likeness (QED) is 0.324. The fourth-order valence-electron chi connectivity index (χ4n) is 5.75. The minimum Gasteiger partial charge on any atom is -0.451 e. The number of sulfonamides is 1. The Morgan fingerprint density at radius 1 is 1.10 bits per heavy atom. The minimum absolute atomic E-state index is 0.0211. The maximum absolute atomic E-state index is 14.0. The van der Waals surface area contributed by atoms with E-state index in [9.17, 15) is 26.8 Å². The van der Waals surface area contributed by atoms with Crippen LogP contribution in [0, 0.1) is 11.6 Å². The minimum atomic E-state index is -4.35. The van der Waals surface area contributed by atoms with Crippen molar-refractivity contribution in [3.8, 4) is 0 Å². The van der Waals surface area contributed by atoms with Gasteiger partial charge in [0.15, 0.2) is 5.82 Å². The predicted octanol–water partition coefficient (Wildman–Crippen LogP) is 3.75. The van der Waals surface area contributed by atoms with Crippen molar-refractivity contribution in [1.82, 2.24) is 19.0 Å². The van der Waals surface area contributed by atoms with Gasteiger partial charge < -0.3 is 29.9 Å². The van der Waals surface area contributed by atoms with Gasteiger partial charge in [-0.25, -0.2) is 22.0 Å². The van der Waals surface area contributed by atoms with Gasteiger partial charge in [-0.2, -0.15) is 8.99 Å². The highest BCUT2D eigenvalue weighted by Gasteiger charge is 2.35. The summed E-state index contributed by atoms with van der Waals surface area (Å²) in [6.07, 6.45) is 0.717. The van der Waals surface area contributed by atoms with E-state index in [1.807, 2.05) is 33.3 Å². The van der Waals surface area contributed by atoms with Crippen LogP contribution in [0.3, 0.4) is 0 Å². The van der Waals surface area contributed by atoms with E-state index in [1.165, 1.54) is 7.11 Å². The third-order valence-corrected chi connectivity index (χ3v) is 10.6. The molecule has 3 heterocycles. The molecule has 13 nitrogen and oxygen atoms in total. The van der Waals surface area contributed by atoms with Gasteiger partial charge in [-0.1, -0.05) is 0 Å². The van der Waals surface area contributed by atoms with Crippen molar-refractivity contribution >= 4 is 39.2 Å². The molecule has 1 saturated heterocycles. The first-order valence-electron chi connectivity index (χ1n) is 15.6. The third-order valence-electron chi connectivity index (χ3n) is 8.76. The molecule has 2 N–H and O–H groups in total. The summed E-state index contributed by atoms with van der Waals surface area (Å²) in [7, 11) is 2.84. The number of carbonyl (C=O) groups is 2. The Morgan fingerprint density at radius 2 is 1.79 bits per heavy atom. The number of nitrogens with zero attached hydrogens (tertiary/aromatic N) is 5. The van der Waals surface area contributed by atoms with Crippen molar-refractivity contribution < 1.29 is 36.3 Å². The number of fused-ring (bicyclic) bond motifs is 1. The van der Waals surface area contributed by atoms with Crippen LogP contribution in [-0.4, -0.2) is 106 Å². The number of carbonyl (C=O) groups excluding carboxylic acids is 2. The maximum atomic E-state index is 14.0. The maximum Gasteiger partial charge on any atom is 0.434 e. The Morgan fingerprint density at radius 3 is 2.44 bits per heavy atom. The number of methoxy groups -OCH3 is 1. The lowest BCUT2D eigenvalue weighted by atomic mass is 10.1. The molecule has 260 valence electrons. The van der Waals surface area contributed by atoms with E-state index >= 15 is 0 Å². The van der Waals surface area contributed by atoms with Gasteiger partial charge in [-0.3, -0.25) is 4.79 Å². The molecule has 0 radical (unpaired) electrons. The van der Waals surface area contributed by atoms with Crippen LogP contribution in [0.2, 0.25) is 0 Å². The second-order valence-electron chi connectivity index (χ2n) is 12.3. The summed E-state index contributed by atoms with van der Waals surface area (Å²) in [5.74, 6) is -2.65. The van der Waals surface area contributed by atoms with E-state index < -0.39 is 38.6 Å². The topological polar surface area (TPSA) is 138 Å². The van der Waals surface area contributed by atoms with Crippen LogP contribution < -0.4 is 15.5 Å². The number of nitrogens with one attached hydrogen (secondary N) is 2. The molecule has 0 bridgehead atoms. The van der Waals surface area contributed by atoms with Crippen LogP contribution in [0.15, 0.2) is 41.3 Å². The molecule has 1 atom stereocenters. The summed E-state index contributed by atoms with van der Waals surface area (Å²) in [6.45, 7) is 3.63. The molecular weight excluding hydrogens is 648 g/mol. The molecule has 1 aromatic heterocycles. The fraction of sp³-hybridized carbons (Fsp3) is 0.469. The summed E-state index contributed by atoms with van der Waals surface area (Å²) in [4.78, 5) is 30.3. The predicted molar refractivity (Wildman–Crippen MR) is 176 cm³/mol. The van der Waals surface area contributed by atoms with E-state index in [4.69, 9.17) is 9.47 Å². The van der Waals surface area contributed by atoms with Crippen LogP contribution in [-0.2, 0) is 32.5 Å². The monoisotopic (exact) mass is 689 g/mol. The number of hydrogen-bond acceptors (Lipinski definition) is 10. The van der Waals surface area contributed by atoms with Crippen molar-refractivity contribution in [2.45, 2.75) is 49.7 Å². The molecular formula is C32H41F2N7O6S. The van der Waals surface area contributed by atoms with Crippen molar-refractivity contribution in [3.05, 3.63) is 64.9 Å². The zero-order chi connectivity index (χ0) is 34.7. The summed E-state index contributed by atoms with van der Waals surface area (Å²) in [5.41, 5.74) is 2.42. The van der Waals surface area contributed by atoms with Gasteiger partial charge in [0.2, 0.25) is 10.0 Å². The normalized spacial score (nSPS) is 16.3. The van der Waals surface area contributed by atoms with Crippen LogP contribution in [0.4, 0.5) is 30.8 Å². The standard InChI is InChI=1S/C32H41F2N7O6S/c1-20(38(2)3)18-39(4)24-6-7-26(28(17-24)35-23-9-12-47-13-10-23)31(42)36-30-27-19-40(11-8-29(27)41(37-30)32(43)46-5)48(44,45)25-15-21(33)14-22(34)16-25/h6-7,14-17,20,23,35H,8-13,18-19H2,1-5H3,(H,36,37,42). The van der Waals surface area contributed by atoms with Gasteiger partial charge in [0.25, 0.3) is 5.91 Å². The molecule has 1 unspecified atom stereocenters. The van der Waals surface area contributed by atoms with Crippen LogP contribution in [0.5, 0.6) is 0 Å². The first-order chi connectivity index (χ1) is 22.8. The lowest BCUT2D eigenvalue weighted by Crippen LogP contribution is -2.37. The van der Waals surface area contributed by atoms with Gasteiger partial charge in [-0.15, -0.1) is 5.10 Å². The Bertz CT molecular complexity index is 1760. The Balaban J connectivity index is 1.47. The van der Waals surface area contributed by atoms with Crippen LogP contribution in [0.1, 0.15) is 41.4 Å². The van der Waals surface area contributed by atoms with Gasteiger partial charge in [0, 0.05) is 81.4 Å². The van der Waals surface area contributed by atoms with E-state index in [0.717, 1.165) is 46.2 Å². The molecule has 48 heavy (non-hydrogen) atoms. The van der Waals surface area contributed by atoms with Gasteiger partial charge >= 0.3 is 6.09 Å². The lowest BCUT2D eigenvalue weighted by molar-refractivity contribution is 0.0904. The average Bonchev–Trinajstić information content (AvgIpc) is 3.41. The van der Waals surface area contributed by atoms with Crippen LogP contribution >= 0.6 is 0 Å². The van der Waals surface area contributed by atoms with Gasteiger partial charge in [-0.05, 0) is 64.2 Å². The highest BCUT2D eigenvalue weighted by atomic mass is 32.2. The SMILES string of the molecule is COC(=O)n1nc(NC(=O)c2ccc(N(C)CC(C)N(C)C)cc2NC2CCOCC2)c2c1CCN(S(=O)(=O)c1cc(F)cc(F)c1)C2. The fourth-order valence-corrected chi connectivity index (χ4v) is 7.20. The zero-order valence-corrected chi connectivity index (χ0v) is 28.4. The van der Waals surface area contributed by atoms with E-state index in [0.29, 0.717) is 36.2 Å². The van der Waals surface area contributed by atoms with Gasteiger partial charge in [0.1, 0.15) is 11.6 Å². The van der Waals surface area contributed by atoms with Gasteiger partial charge in [0.05, 0.1) is 23.3 Å². The third kappa shape index (κ3) is 7.61. The van der Waals surface area contributed by atoms with E-state index in [-0.39, 0.29) is 43.0 Å². The number of ether oxygens (including phenoxy) is 2. The van der Waals surface area contributed by atoms with E-state index in [2.05, 4.69) is 32.5 Å². The molecule has 5 rings (SSSR count). The molecule has 0 spiro atoms. The number of anilines is 3. The number of rotatable bonds is 10. The van der Waals surface area contributed by atoms with E-state index in [1.54, 1.807) is 6.07 Å². The first kappa shape index (κ1) is 35.2. The number of benzene rings is 2. The Labute approximate surface area is 278 Å². The number of aromatic nitrogens is 2. The Kier molecular flexibility index (Phi) is 10.7. The Hall–Kier alpha value is -4.12. The number of halogens is 2. The molecule has 0 saturated carbocycles. The van der Waals surface area contributed by atoms with Crippen molar-refractivity contribution in [2.75, 3.05) is 70.1 Å². The molecule has 2 aliphatic rings. The second kappa shape index (κ2) is 14.6. The highest BCUT2D eigenvalue weighted by molar-refractivity contribution is 7.89. The van der Waals surface area contributed by atoms with Crippen molar-refractivity contribution in [3.63, 3.8) is 0 Å². The number of amides is 1. The molecule has 1 amide bonds. The zero-order valence-electron chi connectivity index (χ0n) is 27.6. The summed E-state index contributed by atoms with van der Waals surface area (Å²) < 4.78 is 67.2. The first-order valence-corrected chi connectivity index (χ1v) is 17.0. The van der Waals surface area contributed by atoms with Crippen molar-refractivity contribution in [1.29, 1.82) is 0 Å². The molecule has 2 aromatic carbocycles. The highest BCUT2D eigenvalue weighted by Crippen LogP contribution is 2.32. The van der Waals surface area contributed by atoms with Crippen LogP contribution in [0.25, 0.3) is 0 Å². The molecule has 2 aliphatic heterocycles. The molecule has 1 fully saturated rings. The average molecular weight is 690 g/mol. The molecule has 3 aromatic rings. The smallest absolute Gasteiger partial charge is 0.434 e. The summed E-state index contributed by atoms with van der Waals surface area (Å²) in [5, 5.41) is 10.6. The molecule has 0 aliphatic carbocycles. The van der Waals surface area contributed by atoms with Crippen molar-refractivity contribution in [2.24, 2.45) is 0 Å². The second-order valence-corrected chi connectivity index (χ2v) is 14.2. The summed E-state index contributed by atoms with van der Waals surface area (Å²) >= 11 is 0. The summed E-state index contributed by atoms with van der Waals surface area (Å²) in [6, 6.07) is 7.88.